The largest absolute Gasteiger partial charge is 0.409 e. The number of nitrogens with two attached hydrogens (primary N) is 1. The lowest BCUT2D eigenvalue weighted by molar-refractivity contribution is 0.0953. The Morgan fingerprint density at radius 3 is 2.88 bits per heavy atom. The standard InChI is InChI=1S/C11H17N3O2S/c1-8-6-17-7-9(8)11(15)13-5-3-2-4-10(12)14-16/h6-7,16H,2-5H2,1H3,(H2,12,14)(H,13,15). The molecule has 0 aliphatic carbocycles. The van der Waals surface area contributed by atoms with Crippen LogP contribution >= 0.6 is 11.3 Å². The Labute approximate surface area is 104 Å². The van der Waals surface area contributed by atoms with Gasteiger partial charge in [0.25, 0.3) is 5.91 Å². The van der Waals surface area contributed by atoms with E-state index in [1.165, 1.54) is 11.3 Å². The average molecular weight is 255 g/mol. The Bertz CT molecular complexity index is 401. The highest BCUT2D eigenvalue weighted by Crippen LogP contribution is 2.13. The summed E-state index contributed by atoms with van der Waals surface area (Å²) in [6.07, 6.45) is 2.15. The van der Waals surface area contributed by atoms with Crippen LogP contribution in [0, 0.1) is 6.92 Å². The van der Waals surface area contributed by atoms with Crippen LogP contribution in [0.2, 0.25) is 0 Å². The first kappa shape index (κ1) is 13.5. The first-order valence-electron chi connectivity index (χ1n) is 5.42. The van der Waals surface area contributed by atoms with Crippen molar-refractivity contribution in [2.24, 2.45) is 10.9 Å². The van der Waals surface area contributed by atoms with Crippen molar-refractivity contribution in [3.05, 3.63) is 21.9 Å². The van der Waals surface area contributed by atoms with E-state index in [1.807, 2.05) is 17.7 Å². The molecule has 5 nitrogen and oxygen atoms in total. The second-order valence-corrected chi connectivity index (χ2v) is 4.52. The summed E-state index contributed by atoms with van der Waals surface area (Å²) < 4.78 is 0. The highest BCUT2D eigenvalue weighted by molar-refractivity contribution is 7.08. The van der Waals surface area contributed by atoms with Crippen molar-refractivity contribution in [2.45, 2.75) is 26.2 Å². The number of carbonyl (C=O) groups excluding carboxylic acids is 1. The maximum atomic E-state index is 11.7. The molecule has 1 aromatic heterocycles. The topological polar surface area (TPSA) is 87.7 Å². The lowest BCUT2D eigenvalue weighted by Crippen LogP contribution is -2.24. The van der Waals surface area contributed by atoms with E-state index in [1.54, 1.807) is 0 Å². The van der Waals surface area contributed by atoms with Gasteiger partial charge in [0, 0.05) is 18.3 Å². The predicted octanol–water partition coefficient (Wildman–Crippen LogP) is 1.70. The maximum absolute atomic E-state index is 11.7. The molecule has 0 atom stereocenters. The fourth-order valence-electron chi connectivity index (χ4n) is 1.37. The molecule has 17 heavy (non-hydrogen) atoms. The molecule has 0 saturated carbocycles. The van der Waals surface area contributed by atoms with E-state index in [-0.39, 0.29) is 11.7 Å². The smallest absolute Gasteiger partial charge is 0.252 e. The van der Waals surface area contributed by atoms with Gasteiger partial charge in [0.1, 0.15) is 5.84 Å². The number of amides is 1. The Kier molecular flexibility index (Phi) is 5.48. The van der Waals surface area contributed by atoms with E-state index in [0.717, 1.165) is 24.0 Å². The molecule has 0 unspecified atom stereocenters. The van der Waals surface area contributed by atoms with Gasteiger partial charge in [-0.3, -0.25) is 4.79 Å². The summed E-state index contributed by atoms with van der Waals surface area (Å²) in [5.74, 6) is 0.192. The minimum absolute atomic E-state index is 0.0347. The third-order valence-electron chi connectivity index (χ3n) is 2.37. The van der Waals surface area contributed by atoms with Crippen molar-refractivity contribution >= 4 is 23.1 Å². The van der Waals surface area contributed by atoms with Gasteiger partial charge in [-0.1, -0.05) is 5.16 Å². The second kappa shape index (κ2) is 6.90. The SMILES string of the molecule is Cc1cscc1C(=O)NCCCCC(N)=NO. The van der Waals surface area contributed by atoms with Gasteiger partial charge in [0.15, 0.2) is 0 Å². The highest BCUT2D eigenvalue weighted by atomic mass is 32.1. The number of hydrogen-bond acceptors (Lipinski definition) is 4. The van der Waals surface area contributed by atoms with Gasteiger partial charge < -0.3 is 16.3 Å². The summed E-state index contributed by atoms with van der Waals surface area (Å²) in [7, 11) is 0. The zero-order valence-corrected chi connectivity index (χ0v) is 10.6. The van der Waals surface area contributed by atoms with E-state index in [9.17, 15) is 4.79 Å². The normalized spacial score (nSPS) is 11.5. The Morgan fingerprint density at radius 1 is 1.53 bits per heavy atom. The first-order chi connectivity index (χ1) is 8.15. The third-order valence-corrected chi connectivity index (χ3v) is 3.24. The maximum Gasteiger partial charge on any atom is 0.252 e. The van der Waals surface area contributed by atoms with E-state index in [2.05, 4.69) is 10.5 Å². The molecule has 4 N–H and O–H groups in total. The zero-order valence-electron chi connectivity index (χ0n) is 9.77. The van der Waals surface area contributed by atoms with Crippen LogP contribution < -0.4 is 11.1 Å². The summed E-state index contributed by atoms with van der Waals surface area (Å²) >= 11 is 1.52. The molecule has 1 amide bonds. The van der Waals surface area contributed by atoms with Crippen LogP contribution in [0.5, 0.6) is 0 Å². The fourth-order valence-corrected chi connectivity index (χ4v) is 2.20. The lowest BCUT2D eigenvalue weighted by Gasteiger charge is -2.04. The lowest BCUT2D eigenvalue weighted by atomic mass is 10.2. The molecular formula is C11H17N3O2S. The van der Waals surface area contributed by atoms with Crippen molar-refractivity contribution < 1.29 is 10.0 Å². The number of oxime groups is 1. The number of rotatable bonds is 6. The molecule has 0 aliphatic rings. The van der Waals surface area contributed by atoms with Crippen molar-refractivity contribution in [3.8, 4) is 0 Å². The van der Waals surface area contributed by atoms with Crippen molar-refractivity contribution in [1.82, 2.24) is 5.32 Å². The zero-order chi connectivity index (χ0) is 12.7. The van der Waals surface area contributed by atoms with E-state index in [4.69, 9.17) is 10.9 Å². The number of hydrogen-bond donors (Lipinski definition) is 3. The van der Waals surface area contributed by atoms with Crippen LogP contribution in [0.25, 0.3) is 0 Å². The molecule has 1 aromatic rings. The monoisotopic (exact) mass is 255 g/mol. The summed E-state index contributed by atoms with van der Waals surface area (Å²) in [6, 6.07) is 0. The molecule has 0 radical (unpaired) electrons. The number of aryl methyl sites for hydroxylation is 1. The molecule has 0 aliphatic heterocycles. The quantitative estimate of drug-likeness (QED) is 0.238. The second-order valence-electron chi connectivity index (χ2n) is 3.77. The van der Waals surface area contributed by atoms with Gasteiger partial charge in [-0.05, 0) is 30.7 Å². The van der Waals surface area contributed by atoms with Crippen molar-refractivity contribution in [2.75, 3.05) is 6.54 Å². The number of nitrogens with one attached hydrogen (secondary N) is 1. The number of carbonyl (C=O) groups is 1. The molecule has 0 fully saturated rings. The van der Waals surface area contributed by atoms with Crippen LogP contribution in [0.4, 0.5) is 0 Å². The van der Waals surface area contributed by atoms with Crippen LogP contribution in [-0.2, 0) is 0 Å². The van der Waals surface area contributed by atoms with E-state index >= 15 is 0 Å². The Balaban J connectivity index is 2.20. The van der Waals surface area contributed by atoms with Gasteiger partial charge in [-0.15, -0.1) is 0 Å². The number of nitrogens with zero attached hydrogens (tertiary/aromatic N) is 1. The molecule has 0 spiro atoms. The minimum Gasteiger partial charge on any atom is -0.409 e. The summed E-state index contributed by atoms with van der Waals surface area (Å²) in [4.78, 5) is 11.7. The molecule has 0 bridgehead atoms. The third kappa shape index (κ3) is 4.44. The van der Waals surface area contributed by atoms with Crippen molar-refractivity contribution in [3.63, 3.8) is 0 Å². The van der Waals surface area contributed by atoms with E-state index < -0.39 is 0 Å². The number of thiophene rings is 1. The molecular weight excluding hydrogens is 238 g/mol. The van der Waals surface area contributed by atoms with Crippen LogP contribution in [0.15, 0.2) is 15.9 Å². The van der Waals surface area contributed by atoms with Gasteiger partial charge in [0.2, 0.25) is 0 Å². The summed E-state index contributed by atoms with van der Waals surface area (Å²) in [6.45, 7) is 2.52. The predicted molar refractivity (Wildman–Crippen MR) is 68.6 cm³/mol. The summed E-state index contributed by atoms with van der Waals surface area (Å²) in [5.41, 5.74) is 7.07. The summed E-state index contributed by atoms with van der Waals surface area (Å²) in [5, 5.41) is 17.9. The van der Waals surface area contributed by atoms with Crippen molar-refractivity contribution in [1.29, 1.82) is 0 Å². The van der Waals surface area contributed by atoms with Crippen LogP contribution in [0.3, 0.4) is 0 Å². The molecule has 6 heteroatoms. The van der Waals surface area contributed by atoms with E-state index in [0.29, 0.717) is 13.0 Å². The van der Waals surface area contributed by atoms with Gasteiger partial charge in [-0.2, -0.15) is 11.3 Å². The van der Waals surface area contributed by atoms with Gasteiger partial charge >= 0.3 is 0 Å². The van der Waals surface area contributed by atoms with Crippen LogP contribution in [0.1, 0.15) is 35.2 Å². The Hall–Kier alpha value is -1.56. The highest BCUT2D eigenvalue weighted by Gasteiger charge is 2.08. The van der Waals surface area contributed by atoms with Gasteiger partial charge in [0.05, 0.1) is 5.56 Å². The van der Waals surface area contributed by atoms with Crippen LogP contribution in [-0.4, -0.2) is 23.5 Å². The molecule has 94 valence electrons. The molecule has 1 heterocycles. The minimum atomic E-state index is -0.0347. The molecule has 0 saturated heterocycles. The first-order valence-corrected chi connectivity index (χ1v) is 6.37. The molecule has 0 aromatic carbocycles. The molecule has 1 rings (SSSR count). The average Bonchev–Trinajstić information content (AvgIpc) is 2.74. The Morgan fingerprint density at radius 2 is 2.29 bits per heavy atom. The number of unbranched alkanes of at least 4 members (excludes halogenated alkanes) is 1. The number of amidine groups is 1. The van der Waals surface area contributed by atoms with Gasteiger partial charge in [-0.25, -0.2) is 0 Å². The fraction of sp³-hybridized carbons (Fsp3) is 0.455.